The average molecular weight is 319 g/mol. The fourth-order valence-electron chi connectivity index (χ4n) is 2.45. The minimum absolute atomic E-state index is 0.210. The van der Waals surface area contributed by atoms with E-state index in [0.29, 0.717) is 36.9 Å². The zero-order chi connectivity index (χ0) is 15.9. The van der Waals surface area contributed by atoms with Gasteiger partial charge in [0.2, 0.25) is 0 Å². The van der Waals surface area contributed by atoms with Crippen LogP contribution in [0, 0.1) is 0 Å². The van der Waals surface area contributed by atoms with Crippen molar-refractivity contribution in [3.8, 4) is 11.5 Å². The first-order chi connectivity index (χ1) is 11.3. The van der Waals surface area contributed by atoms with Crippen LogP contribution in [0.15, 0.2) is 28.9 Å². The topological polar surface area (TPSA) is 89.4 Å². The highest BCUT2D eigenvalue weighted by molar-refractivity contribution is 5.93. The Morgan fingerprint density at radius 1 is 1.52 bits per heavy atom. The molecule has 2 aromatic heterocycles. The van der Waals surface area contributed by atoms with Crippen molar-refractivity contribution in [3.63, 3.8) is 0 Å². The van der Waals surface area contributed by atoms with Crippen molar-refractivity contribution in [3.05, 3.63) is 30.2 Å². The highest BCUT2D eigenvalue weighted by atomic mass is 16.5. The monoisotopic (exact) mass is 319 g/mol. The first-order valence-corrected chi connectivity index (χ1v) is 7.90. The van der Waals surface area contributed by atoms with Gasteiger partial charge in [-0.05, 0) is 31.4 Å². The average Bonchev–Trinajstić information content (AvgIpc) is 3.32. The van der Waals surface area contributed by atoms with E-state index < -0.39 is 0 Å². The molecule has 0 aromatic carbocycles. The minimum Gasteiger partial charge on any atom is -0.463 e. The molecule has 7 heteroatoms. The van der Waals surface area contributed by atoms with Crippen molar-refractivity contribution in [2.45, 2.75) is 25.4 Å². The minimum atomic E-state index is -0.210. The molecule has 0 bridgehead atoms. The summed E-state index contributed by atoms with van der Waals surface area (Å²) in [4.78, 5) is 12.0. The molecule has 23 heavy (non-hydrogen) atoms. The summed E-state index contributed by atoms with van der Waals surface area (Å²) in [6, 6.07) is 5.26. The van der Waals surface area contributed by atoms with Crippen molar-refractivity contribution in [1.82, 2.24) is 15.5 Å². The number of amides is 1. The van der Waals surface area contributed by atoms with E-state index in [4.69, 9.17) is 13.9 Å². The predicted molar refractivity (Wildman–Crippen MR) is 83.0 cm³/mol. The van der Waals surface area contributed by atoms with Gasteiger partial charge in [0.1, 0.15) is 5.69 Å². The van der Waals surface area contributed by atoms with E-state index in [9.17, 15) is 4.79 Å². The van der Waals surface area contributed by atoms with Gasteiger partial charge in [0, 0.05) is 25.8 Å². The zero-order valence-electron chi connectivity index (χ0n) is 12.9. The van der Waals surface area contributed by atoms with Gasteiger partial charge in [-0.15, -0.1) is 0 Å². The van der Waals surface area contributed by atoms with E-state index in [1.165, 1.54) is 0 Å². The number of aromatic nitrogens is 2. The fourth-order valence-corrected chi connectivity index (χ4v) is 2.45. The zero-order valence-corrected chi connectivity index (χ0v) is 12.9. The highest BCUT2D eigenvalue weighted by Crippen LogP contribution is 2.17. The molecule has 1 aliphatic rings. The van der Waals surface area contributed by atoms with Crippen LogP contribution in [-0.2, 0) is 9.47 Å². The van der Waals surface area contributed by atoms with Gasteiger partial charge in [0.25, 0.3) is 5.91 Å². The number of aromatic amines is 1. The molecular weight excluding hydrogens is 298 g/mol. The molecule has 0 aliphatic carbocycles. The largest absolute Gasteiger partial charge is 0.463 e. The second kappa shape index (κ2) is 7.94. The molecule has 2 aromatic rings. The third kappa shape index (κ3) is 4.43. The Morgan fingerprint density at radius 3 is 3.26 bits per heavy atom. The first kappa shape index (κ1) is 15.8. The summed E-state index contributed by atoms with van der Waals surface area (Å²) < 4.78 is 16.3. The Balaban J connectivity index is 1.33. The molecule has 1 aliphatic heterocycles. The molecule has 1 fully saturated rings. The number of nitrogens with one attached hydrogen (secondary N) is 2. The van der Waals surface area contributed by atoms with Crippen LogP contribution in [0.1, 0.15) is 29.8 Å². The van der Waals surface area contributed by atoms with E-state index in [1.54, 1.807) is 24.5 Å². The number of H-pyrrole nitrogens is 1. The molecule has 3 heterocycles. The van der Waals surface area contributed by atoms with Crippen molar-refractivity contribution in [1.29, 1.82) is 0 Å². The first-order valence-electron chi connectivity index (χ1n) is 7.90. The lowest BCUT2D eigenvalue weighted by molar-refractivity contribution is 0.0166. The number of furan rings is 1. The number of carbonyl (C=O) groups excluding carboxylic acids is 1. The number of ether oxygens (including phenoxy) is 2. The van der Waals surface area contributed by atoms with Gasteiger partial charge in [-0.3, -0.25) is 9.89 Å². The van der Waals surface area contributed by atoms with Gasteiger partial charge in [-0.25, -0.2) is 0 Å². The van der Waals surface area contributed by atoms with E-state index >= 15 is 0 Å². The molecular formula is C16H21N3O4. The standard InChI is InChI=1S/C16H21N3O4/c20-16(14-10-13(18-19-14)15-5-2-9-23-15)17-6-3-7-21-11-12-4-1-8-22-12/h2,5,9-10,12H,1,3-4,6-8,11H2,(H,17,20)(H,18,19)/t12-/m1/s1. The summed E-state index contributed by atoms with van der Waals surface area (Å²) in [5, 5.41) is 9.61. The van der Waals surface area contributed by atoms with Gasteiger partial charge >= 0.3 is 0 Å². The summed E-state index contributed by atoms with van der Waals surface area (Å²) in [6.45, 7) is 2.64. The van der Waals surface area contributed by atoms with Crippen molar-refractivity contribution < 1.29 is 18.7 Å². The fraction of sp³-hybridized carbons (Fsp3) is 0.500. The Labute approximate surface area is 134 Å². The maximum atomic E-state index is 12.0. The highest BCUT2D eigenvalue weighted by Gasteiger charge is 2.15. The molecule has 0 radical (unpaired) electrons. The molecule has 0 spiro atoms. The lowest BCUT2D eigenvalue weighted by Gasteiger charge is -2.10. The van der Waals surface area contributed by atoms with E-state index in [2.05, 4.69) is 15.5 Å². The maximum Gasteiger partial charge on any atom is 0.271 e. The lowest BCUT2D eigenvalue weighted by Crippen LogP contribution is -2.26. The maximum absolute atomic E-state index is 12.0. The van der Waals surface area contributed by atoms with Crippen molar-refractivity contribution >= 4 is 5.91 Å². The Morgan fingerprint density at radius 2 is 2.48 bits per heavy atom. The van der Waals surface area contributed by atoms with Crippen LogP contribution in [0.5, 0.6) is 0 Å². The summed E-state index contributed by atoms with van der Waals surface area (Å²) in [6.07, 6.45) is 4.77. The molecule has 1 atom stereocenters. The van der Waals surface area contributed by atoms with Crippen LogP contribution in [0.3, 0.4) is 0 Å². The summed E-state index contributed by atoms with van der Waals surface area (Å²) in [5.41, 5.74) is 1.02. The Bertz CT molecular complexity index is 603. The van der Waals surface area contributed by atoms with Crippen LogP contribution >= 0.6 is 0 Å². The molecule has 0 saturated carbocycles. The number of nitrogens with zero attached hydrogens (tertiary/aromatic N) is 1. The van der Waals surface area contributed by atoms with Crippen molar-refractivity contribution in [2.24, 2.45) is 0 Å². The molecule has 1 amide bonds. The van der Waals surface area contributed by atoms with Gasteiger partial charge < -0.3 is 19.2 Å². The number of hydrogen-bond donors (Lipinski definition) is 2. The predicted octanol–water partition coefficient (Wildman–Crippen LogP) is 1.99. The smallest absolute Gasteiger partial charge is 0.271 e. The Kier molecular flexibility index (Phi) is 5.44. The second-order valence-corrected chi connectivity index (χ2v) is 5.46. The van der Waals surface area contributed by atoms with Gasteiger partial charge in [-0.1, -0.05) is 0 Å². The summed E-state index contributed by atoms with van der Waals surface area (Å²) >= 11 is 0. The van der Waals surface area contributed by atoms with Gasteiger partial charge in [0.15, 0.2) is 11.5 Å². The SMILES string of the molecule is O=C(NCCCOC[C@H]1CCCO1)c1cc(-c2ccco2)[nH]n1. The number of carbonyl (C=O) groups is 1. The summed E-state index contributed by atoms with van der Waals surface area (Å²) in [5.74, 6) is 0.442. The Hall–Kier alpha value is -2.12. The summed E-state index contributed by atoms with van der Waals surface area (Å²) in [7, 11) is 0. The molecule has 0 unspecified atom stereocenters. The van der Waals surface area contributed by atoms with Gasteiger partial charge in [-0.2, -0.15) is 5.10 Å². The molecule has 7 nitrogen and oxygen atoms in total. The van der Waals surface area contributed by atoms with Crippen LogP contribution in [-0.4, -0.2) is 48.6 Å². The third-order valence-corrected chi connectivity index (χ3v) is 3.68. The van der Waals surface area contributed by atoms with E-state index in [1.807, 2.05) is 0 Å². The van der Waals surface area contributed by atoms with E-state index in [-0.39, 0.29) is 12.0 Å². The van der Waals surface area contributed by atoms with E-state index in [0.717, 1.165) is 25.9 Å². The molecule has 124 valence electrons. The van der Waals surface area contributed by atoms with Crippen LogP contribution in [0.25, 0.3) is 11.5 Å². The normalized spacial score (nSPS) is 17.5. The molecule has 1 saturated heterocycles. The molecule has 3 rings (SSSR count). The van der Waals surface area contributed by atoms with Crippen molar-refractivity contribution in [2.75, 3.05) is 26.4 Å². The van der Waals surface area contributed by atoms with Crippen LogP contribution < -0.4 is 5.32 Å². The number of rotatable bonds is 8. The molecule has 2 N–H and O–H groups in total. The van der Waals surface area contributed by atoms with Crippen LogP contribution in [0.4, 0.5) is 0 Å². The van der Waals surface area contributed by atoms with Crippen LogP contribution in [0.2, 0.25) is 0 Å². The van der Waals surface area contributed by atoms with Gasteiger partial charge in [0.05, 0.1) is 19.0 Å². The quantitative estimate of drug-likeness (QED) is 0.726. The number of hydrogen-bond acceptors (Lipinski definition) is 5. The lowest BCUT2D eigenvalue weighted by atomic mass is 10.2. The third-order valence-electron chi connectivity index (χ3n) is 3.68. The second-order valence-electron chi connectivity index (χ2n) is 5.46.